The van der Waals surface area contributed by atoms with E-state index in [0.29, 0.717) is 5.92 Å². The molecule has 0 radical (unpaired) electrons. The summed E-state index contributed by atoms with van der Waals surface area (Å²) >= 11 is 1.66. The Morgan fingerprint density at radius 1 is 1.53 bits per heavy atom. The van der Waals surface area contributed by atoms with Gasteiger partial charge in [0.2, 0.25) is 0 Å². The standard InChI is InChI=1S/C13H15N3S/c1-8-16-11(7-17-8)12(14)10-5-4-9-3-2-6-15-13(9)10/h2-3,6-7,10,12H,4-5,14H2,1H3. The highest BCUT2D eigenvalue weighted by atomic mass is 32.1. The van der Waals surface area contributed by atoms with Crippen molar-refractivity contribution in [3.05, 3.63) is 45.7 Å². The molecule has 0 amide bonds. The average molecular weight is 245 g/mol. The Bertz CT molecular complexity index is 535. The summed E-state index contributed by atoms with van der Waals surface area (Å²) in [6.45, 7) is 2.02. The zero-order valence-corrected chi connectivity index (χ0v) is 10.6. The minimum Gasteiger partial charge on any atom is -0.322 e. The molecule has 88 valence electrons. The third-order valence-corrected chi connectivity index (χ3v) is 4.21. The van der Waals surface area contributed by atoms with Gasteiger partial charge < -0.3 is 5.73 Å². The van der Waals surface area contributed by atoms with Crippen LogP contribution < -0.4 is 5.73 Å². The van der Waals surface area contributed by atoms with E-state index in [1.807, 2.05) is 19.2 Å². The molecule has 0 bridgehead atoms. The molecule has 2 N–H and O–H groups in total. The predicted octanol–water partition coefficient (Wildman–Crippen LogP) is 2.58. The Kier molecular flexibility index (Phi) is 2.68. The van der Waals surface area contributed by atoms with Crippen LogP contribution in [0.1, 0.15) is 40.3 Å². The zero-order chi connectivity index (χ0) is 11.8. The van der Waals surface area contributed by atoms with E-state index in [4.69, 9.17) is 5.73 Å². The van der Waals surface area contributed by atoms with Crippen LogP contribution in [0.15, 0.2) is 23.7 Å². The highest BCUT2D eigenvalue weighted by Crippen LogP contribution is 2.39. The third kappa shape index (κ3) is 1.87. The molecule has 2 aromatic rings. The van der Waals surface area contributed by atoms with Crippen LogP contribution in [0, 0.1) is 6.92 Å². The van der Waals surface area contributed by atoms with Crippen LogP contribution in [-0.2, 0) is 6.42 Å². The van der Waals surface area contributed by atoms with Gasteiger partial charge in [-0.2, -0.15) is 0 Å². The topological polar surface area (TPSA) is 51.8 Å². The molecule has 2 atom stereocenters. The Balaban J connectivity index is 1.92. The van der Waals surface area contributed by atoms with Gasteiger partial charge >= 0.3 is 0 Å². The molecule has 0 spiro atoms. The van der Waals surface area contributed by atoms with Crippen LogP contribution in [0.25, 0.3) is 0 Å². The van der Waals surface area contributed by atoms with Crippen LogP contribution >= 0.6 is 11.3 Å². The van der Waals surface area contributed by atoms with Crippen molar-refractivity contribution in [2.45, 2.75) is 31.7 Å². The molecule has 4 heteroatoms. The first kappa shape index (κ1) is 10.9. The summed E-state index contributed by atoms with van der Waals surface area (Å²) in [7, 11) is 0. The Hall–Kier alpha value is -1.26. The summed E-state index contributed by atoms with van der Waals surface area (Å²) < 4.78 is 0. The van der Waals surface area contributed by atoms with Crippen molar-refractivity contribution in [2.75, 3.05) is 0 Å². The van der Waals surface area contributed by atoms with Crippen LogP contribution in [0.3, 0.4) is 0 Å². The van der Waals surface area contributed by atoms with Crippen molar-refractivity contribution in [3.63, 3.8) is 0 Å². The fourth-order valence-electron chi connectivity index (χ4n) is 2.53. The molecule has 0 aromatic carbocycles. The van der Waals surface area contributed by atoms with Crippen molar-refractivity contribution in [1.29, 1.82) is 0 Å². The largest absolute Gasteiger partial charge is 0.322 e. The van der Waals surface area contributed by atoms with Gasteiger partial charge in [0.15, 0.2) is 0 Å². The van der Waals surface area contributed by atoms with Crippen molar-refractivity contribution in [1.82, 2.24) is 9.97 Å². The molecule has 2 heterocycles. The van der Waals surface area contributed by atoms with E-state index in [0.717, 1.165) is 23.5 Å². The molecule has 2 unspecified atom stereocenters. The Labute approximate surface area is 105 Å². The van der Waals surface area contributed by atoms with Crippen molar-refractivity contribution < 1.29 is 0 Å². The number of nitrogens with two attached hydrogens (primary N) is 1. The lowest BCUT2D eigenvalue weighted by Gasteiger charge is -2.17. The van der Waals surface area contributed by atoms with Gasteiger partial charge in [0, 0.05) is 23.2 Å². The number of thiazole rings is 1. The first-order chi connectivity index (χ1) is 8.25. The van der Waals surface area contributed by atoms with Gasteiger partial charge in [0.05, 0.1) is 16.7 Å². The molecule has 0 saturated heterocycles. The van der Waals surface area contributed by atoms with E-state index < -0.39 is 0 Å². The quantitative estimate of drug-likeness (QED) is 0.884. The van der Waals surface area contributed by atoms with Gasteiger partial charge in [0.1, 0.15) is 0 Å². The summed E-state index contributed by atoms with van der Waals surface area (Å²) in [5.41, 5.74) is 9.86. The first-order valence-electron chi connectivity index (χ1n) is 5.87. The highest BCUT2D eigenvalue weighted by Gasteiger charge is 2.30. The summed E-state index contributed by atoms with van der Waals surface area (Å²) in [6, 6.07) is 4.14. The molecule has 2 aromatic heterocycles. The smallest absolute Gasteiger partial charge is 0.0898 e. The Morgan fingerprint density at radius 3 is 3.18 bits per heavy atom. The van der Waals surface area contributed by atoms with Gasteiger partial charge in [-0.15, -0.1) is 11.3 Å². The first-order valence-corrected chi connectivity index (χ1v) is 6.75. The SMILES string of the molecule is Cc1nc(C(N)C2CCc3cccnc32)cs1. The van der Waals surface area contributed by atoms with Gasteiger partial charge in [0.25, 0.3) is 0 Å². The summed E-state index contributed by atoms with van der Waals surface area (Å²) in [6.07, 6.45) is 4.03. The number of hydrogen-bond donors (Lipinski definition) is 1. The normalized spacial score (nSPS) is 20.2. The molecular weight excluding hydrogens is 230 g/mol. The molecule has 3 nitrogen and oxygen atoms in total. The molecule has 3 rings (SSSR count). The van der Waals surface area contributed by atoms with Crippen LogP contribution in [-0.4, -0.2) is 9.97 Å². The monoisotopic (exact) mass is 245 g/mol. The number of pyridine rings is 1. The summed E-state index contributed by atoms with van der Waals surface area (Å²) in [5, 5.41) is 3.15. The number of nitrogens with zero attached hydrogens (tertiary/aromatic N) is 2. The Morgan fingerprint density at radius 2 is 2.41 bits per heavy atom. The summed E-state index contributed by atoms with van der Waals surface area (Å²) in [4.78, 5) is 8.98. The minimum absolute atomic E-state index is 0.0175. The molecule has 17 heavy (non-hydrogen) atoms. The van der Waals surface area contributed by atoms with Crippen molar-refractivity contribution in [2.24, 2.45) is 5.73 Å². The van der Waals surface area contributed by atoms with E-state index >= 15 is 0 Å². The van der Waals surface area contributed by atoms with E-state index in [1.54, 1.807) is 11.3 Å². The van der Waals surface area contributed by atoms with E-state index in [2.05, 4.69) is 21.4 Å². The predicted molar refractivity (Wildman–Crippen MR) is 69.1 cm³/mol. The fraction of sp³-hybridized carbons (Fsp3) is 0.385. The highest BCUT2D eigenvalue weighted by molar-refractivity contribution is 7.09. The van der Waals surface area contributed by atoms with Gasteiger partial charge in [-0.05, 0) is 31.4 Å². The summed E-state index contributed by atoms with van der Waals surface area (Å²) in [5.74, 6) is 0.327. The molecule has 1 aliphatic rings. The van der Waals surface area contributed by atoms with Gasteiger partial charge in [-0.1, -0.05) is 6.07 Å². The maximum absolute atomic E-state index is 6.33. The van der Waals surface area contributed by atoms with Crippen LogP contribution in [0.4, 0.5) is 0 Å². The van der Waals surface area contributed by atoms with Crippen molar-refractivity contribution in [3.8, 4) is 0 Å². The van der Waals surface area contributed by atoms with Crippen LogP contribution in [0.5, 0.6) is 0 Å². The second kappa shape index (κ2) is 4.20. The molecule has 0 saturated carbocycles. The second-order valence-corrected chi connectivity index (χ2v) is 5.57. The molecule has 0 aliphatic heterocycles. The lowest BCUT2D eigenvalue weighted by Crippen LogP contribution is -2.19. The lowest BCUT2D eigenvalue weighted by molar-refractivity contribution is 0.532. The number of aryl methyl sites for hydroxylation is 2. The van der Waals surface area contributed by atoms with E-state index in [-0.39, 0.29) is 6.04 Å². The zero-order valence-electron chi connectivity index (χ0n) is 9.76. The lowest BCUT2D eigenvalue weighted by atomic mass is 9.96. The molecule has 1 aliphatic carbocycles. The van der Waals surface area contributed by atoms with E-state index in [1.165, 1.54) is 11.3 Å². The third-order valence-electron chi connectivity index (χ3n) is 3.41. The average Bonchev–Trinajstić information content (AvgIpc) is 2.94. The second-order valence-electron chi connectivity index (χ2n) is 4.51. The van der Waals surface area contributed by atoms with E-state index in [9.17, 15) is 0 Å². The van der Waals surface area contributed by atoms with Gasteiger partial charge in [-0.25, -0.2) is 4.98 Å². The molecule has 0 fully saturated rings. The number of fused-ring (bicyclic) bond motifs is 1. The minimum atomic E-state index is -0.0175. The molecular formula is C13H15N3S. The van der Waals surface area contributed by atoms with Crippen molar-refractivity contribution >= 4 is 11.3 Å². The van der Waals surface area contributed by atoms with Crippen LogP contribution in [0.2, 0.25) is 0 Å². The number of hydrogen-bond acceptors (Lipinski definition) is 4. The number of aromatic nitrogens is 2. The fourth-order valence-corrected chi connectivity index (χ4v) is 3.19. The number of rotatable bonds is 2. The maximum Gasteiger partial charge on any atom is 0.0898 e. The van der Waals surface area contributed by atoms with Gasteiger partial charge in [-0.3, -0.25) is 4.98 Å². The maximum atomic E-state index is 6.33.